The fourth-order valence-electron chi connectivity index (χ4n) is 1.38. The third-order valence-electron chi connectivity index (χ3n) is 2.08. The van der Waals surface area contributed by atoms with Crippen molar-refractivity contribution in [2.24, 2.45) is 0 Å². The molecule has 2 heterocycles. The summed E-state index contributed by atoms with van der Waals surface area (Å²) in [6.07, 6.45) is 4.35. The Bertz CT molecular complexity index is 437. The Morgan fingerprint density at radius 1 is 1.43 bits per heavy atom. The molecule has 0 atom stereocenters. The summed E-state index contributed by atoms with van der Waals surface area (Å²) < 4.78 is 6.99. The van der Waals surface area contributed by atoms with Crippen molar-refractivity contribution in [2.75, 3.05) is 13.7 Å². The summed E-state index contributed by atoms with van der Waals surface area (Å²) in [5, 5.41) is 8.77. The molecule has 0 saturated carbocycles. The fraction of sp³-hybridized carbons (Fsp3) is 0.300. The summed E-state index contributed by atoms with van der Waals surface area (Å²) in [6.45, 7) is 0.126. The van der Waals surface area contributed by atoms with Crippen molar-refractivity contribution in [1.82, 2.24) is 9.38 Å². The predicted octanol–water partition coefficient (Wildman–Crippen LogP) is 0.878. The van der Waals surface area contributed by atoms with Crippen LogP contribution in [0, 0.1) is 0 Å². The number of aromatic nitrogens is 2. The van der Waals surface area contributed by atoms with E-state index >= 15 is 0 Å². The van der Waals surface area contributed by atoms with Crippen LogP contribution in [0.1, 0.15) is 5.69 Å². The number of ether oxygens (including phenoxy) is 1. The zero-order valence-electron chi connectivity index (χ0n) is 7.97. The Kier molecular flexibility index (Phi) is 2.37. The van der Waals surface area contributed by atoms with Crippen LogP contribution in [0.3, 0.4) is 0 Å². The van der Waals surface area contributed by atoms with Gasteiger partial charge in [0, 0.05) is 19.2 Å². The van der Waals surface area contributed by atoms with Gasteiger partial charge in [0.25, 0.3) is 0 Å². The molecule has 0 bridgehead atoms. The van der Waals surface area contributed by atoms with E-state index in [0.717, 1.165) is 17.1 Å². The van der Waals surface area contributed by atoms with E-state index in [9.17, 15) is 0 Å². The standard InChI is InChI=1S/C10H12N2O2/c1-14-9-2-3-10-11-8(4-5-13)6-12(10)7-9/h2-3,6-7,13H,4-5H2,1H3. The highest BCUT2D eigenvalue weighted by molar-refractivity contribution is 5.43. The number of aliphatic hydroxyl groups excluding tert-OH is 1. The van der Waals surface area contributed by atoms with Gasteiger partial charge in [0.2, 0.25) is 0 Å². The maximum Gasteiger partial charge on any atom is 0.137 e. The summed E-state index contributed by atoms with van der Waals surface area (Å²) in [6, 6.07) is 3.75. The minimum atomic E-state index is 0.126. The average Bonchev–Trinajstić information content (AvgIpc) is 2.59. The number of hydrogen-bond acceptors (Lipinski definition) is 3. The Morgan fingerprint density at radius 2 is 2.29 bits per heavy atom. The van der Waals surface area contributed by atoms with Gasteiger partial charge in [-0.15, -0.1) is 0 Å². The molecule has 14 heavy (non-hydrogen) atoms. The molecular formula is C10H12N2O2. The molecule has 2 rings (SSSR count). The Balaban J connectivity index is 2.43. The highest BCUT2D eigenvalue weighted by Crippen LogP contribution is 2.13. The molecule has 0 aromatic carbocycles. The van der Waals surface area contributed by atoms with E-state index in [-0.39, 0.29) is 6.61 Å². The van der Waals surface area contributed by atoms with Gasteiger partial charge >= 0.3 is 0 Å². The maximum absolute atomic E-state index is 8.77. The first-order chi connectivity index (χ1) is 6.83. The normalized spacial score (nSPS) is 10.7. The number of hydrogen-bond donors (Lipinski definition) is 1. The highest BCUT2D eigenvalue weighted by atomic mass is 16.5. The average molecular weight is 192 g/mol. The van der Waals surface area contributed by atoms with Crippen LogP contribution in [0.4, 0.5) is 0 Å². The van der Waals surface area contributed by atoms with Crippen LogP contribution < -0.4 is 4.74 Å². The van der Waals surface area contributed by atoms with Gasteiger partial charge in [0.05, 0.1) is 19.0 Å². The van der Waals surface area contributed by atoms with Gasteiger partial charge in [0.1, 0.15) is 11.4 Å². The van der Waals surface area contributed by atoms with Gasteiger partial charge in [-0.3, -0.25) is 0 Å². The van der Waals surface area contributed by atoms with E-state index in [1.165, 1.54) is 0 Å². The summed E-state index contributed by atoms with van der Waals surface area (Å²) in [4.78, 5) is 4.33. The number of pyridine rings is 1. The van der Waals surface area contributed by atoms with Crippen molar-refractivity contribution in [3.05, 3.63) is 30.2 Å². The van der Waals surface area contributed by atoms with Gasteiger partial charge in [0.15, 0.2) is 0 Å². The first-order valence-electron chi connectivity index (χ1n) is 4.46. The molecule has 0 aliphatic heterocycles. The van der Waals surface area contributed by atoms with Crippen molar-refractivity contribution < 1.29 is 9.84 Å². The van der Waals surface area contributed by atoms with Gasteiger partial charge in [-0.05, 0) is 12.1 Å². The lowest BCUT2D eigenvalue weighted by Crippen LogP contribution is -1.89. The molecule has 0 spiro atoms. The number of rotatable bonds is 3. The van der Waals surface area contributed by atoms with Crippen molar-refractivity contribution >= 4 is 5.65 Å². The van der Waals surface area contributed by atoms with E-state index in [0.29, 0.717) is 6.42 Å². The van der Waals surface area contributed by atoms with Gasteiger partial charge < -0.3 is 14.2 Å². The van der Waals surface area contributed by atoms with Crippen molar-refractivity contribution in [1.29, 1.82) is 0 Å². The molecule has 0 aliphatic rings. The SMILES string of the molecule is COc1ccc2nc(CCO)cn2c1. The molecule has 0 aliphatic carbocycles. The molecule has 74 valence electrons. The highest BCUT2D eigenvalue weighted by Gasteiger charge is 2.01. The molecule has 2 aromatic rings. The Morgan fingerprint density at radius 3 is 3.00 bits per heavy atom. The number of methoxy groups -OCH3 is 1. The topological polar surface area (TPSA) is 46.8 Å². The second-order valence-electron chi connectivity index (χ2n) is 3.04. The number of nitrogens with zero attached hydrogens (tertiary/aromatic N) is 2. The van der Waals surface area contributed by atoms with E-state index in [1.807, 2.05) is 28.9 Å². The first-order valence-corrected chi connectivity index (χ1v) is 4.46. The third-order valence-corrected chi connectivity index (χ3v) is 2.08. The van der Waals surface area contributed by atoms with Crippen LogP contribution in [-0.2, 0) is 6.42 Å². The van der Waals surface area contributed by atoms with Gasteiger partial charge in [-0.2, -0.15) is 0 Å². The molecule has 0 saturated heterocycles. The quantitative estimate of drug-likeness (QED) is 0.785. The lowest BCUT2D eigenvalue weighted by Gasteiger charge is -1.98. The van der Waals surface area contributed by atoms with Crippen molar-refractivity contribution in [3.8, 4) is 5.75 Å². The molecule has 4 heteroatoms. The smallest absolute Gasteiger partial charge is 0.137 e. The molecular weight excluding hydrogens is 180 g/mol. The second-order valence-corrected chi connectivity index (χ2v) is 3.04. The van der Waals surface area contributed by atoms with E-state index in [1.54, 1.807) is 7.11 Å². The number of fused-ring (bicyclic) bond motifs is 1. The molecule has 0 radical (unpaired) electrons. The van der Waals surface area contributed by atoms with Crippen LogP contribution in [-0.4, -0.2) is 28.2 Å². The number of aliphatic hydroxyl groups is 1. The Labute approximate surface area is 81.8 Å². The summed E-state index contributed by atoms with van der Waals surface area (Å²) in [7, 11) is 1.63. The first kappa shape index (κ1) is 9.02. The van der Waals surface area contributed by atoms with Crippen LogP contribution in [0.2, 0.25) is 0 Å². The Hall–Kier alpha value is -1.55. The van der Waals surface area contributed by atoms with Crippen LogP contribution in [0.25, 0.3) is 5.65 Å². The van der Waals surface area contributed by atoms with Crippen molar-refractivity contribution in [2.45, 2.75) is 6.42 Å². The largest absolute Gasteiger partial charge is 0.495 e. The maximum atomic E-state index is 8.77. The molecule has 4 nitrogen and oxygen atoms in total. The third kappa shape index (κ3) is 1.56. The molecule has 0 fully saturated rings. The van der Waals surface area contributed by atoms with Crippen LogP contribution in [0.5, 0.6) is 5.75 Å². The second kappa shape index (κ2) is 3.67. The predicted molar refractivity (Wildman–Crippen MR) is 52.5 cm³/mol. The van der Waals surface area contributed by atoms with Crippen LogP contribution in [0.15, 0.2) is 24.5 Å². The molecule has 2 aromatic heterocycles. The summed E-state index contributed by atoms with van der Waals surface area (Å²) >= 11 is 0. The fourth-order valence-corrected chi connectivity index (χ4v) is 1.38. The van der Waals surface area contributed by atoms with E-state index in [2.05, 4.69) is 4.98 Å². The van der Waals surface area contributed by atoms with Gasteiger partial charge in [-0.25, -0.2) is 4.98 Å². The molecule has 1 N–H and O–H groups in total. The minimum Gasteiger partial charge on any atom is -0.495 e. The summed E-state index contributed by atoms with van der Waals surface area (Å²) in [5.74, 6) is 0.797. The summed E-state index contributed by atoms with van der Waals surface area (Å²) in [5.41, 5.74) is 1.76. The van der Waals surface area contributed by atoms with Crippen molar-refractivity contribution in [3.63, 3.8) is 0 Å². The van der Waals surface area contributed by atoms with Crippen LogP contribution >= 0.6 is 0 Å². The zero-order chi connectivity index (χ0) is 9.97. The monoisotopic (exact) mass is 192 g/mol. The molecule has 0 unspecified atom stereocenters. The van der Waals surface area contributed by atoms with E-state index in [4.69, 9.17) is 9.84 Å². The lowest BCUT2D eigenvalue weighted by atomic mass is 10.4. The lowest BCUT2D eigenvalue weighted by molar-refractivity contribution is 0.298. The molecule has 0 amide bonds. The zero-order valence-corrected chi connectivity index (χ0v) is 7.97. The van der Waals surface area contributed by atoms with Gasteiger partial charge in [-0.1, -0.05) is 0 Å². The minimum absolute atomic E-state index is 0.126. The van der Waals surface area contributed by atoms with E-state index < -0.39 is 0 Å². The number of imidazole rings is 1.